The number of aryl methyl sites for hydroxylation is 1. The van der Waals surface area contributed by atoms with Crippen LogP contribution in [0.5, 0.6) is 28.7 Å². The molecule has 0 bridgehead atoms. The zero-order valence-electron chi connectivity index (χ0n) is 35.0. The number of aromatic hydroxyl groups is 2. The number of methoxy groups -OCH3 is 1. The second kappa shape index (κ2) is 20.0. The second-order valence-electron chi connectivity index (χ2n) is 17.3. The molecule has 2 aliphatic heterocycles. The monoisotopic (exact) mass is 836 g/mol. The lowest BCUT2D eigenvalue weighted by atomic mass is 9.51. The van der Waals surface area contributed by atoms with Crippen LogP contribution in [0.3, 0.4) is 0 Å². The number of benzene rings is 2. The van der Waals surface area contributed by atoms with Crippen LogP contribution in [0.25, 0.3) is 0 Å². The molecule has 8 unspecified atom stereocenters. The lowest BCUT2D eigenvalue weighted by molar-refractivity contribution is -0.148. The fraction of sp³-hybridized carbons (Fsp3) is 0.600. The van der Waals surface area contributed by atoms with Crippen molar-refractivity contribution in [2.45, 2.75) is 121 Å². The molecule has 2 aromatic carbocycles. The van der Waals surface area contributed by atoms with Gasteiger partial charge in [-0.25, -0.2) is 4.98 Å². The standard InChI is InChI=1S/C45H64N4O11/c1-27-21-44(12-4-5-13-44)45(23-41(54)55,22-30-10-14-48-40(46)17-30)39(49-27)25-58-38-19-31(18-37(57-3)42(38)56)43-33(11-15-50)35(53)20-32(60-43)8-6-29-7-9-34(52)36(16-29)59-26-47-24-28(2)51/h7,9-10,14,16-19,27-28,32-33,35,39,43,47,49-53,56H,4-6,8,11-13,15,20-26H2,1-3H3,(H2,46,48)(H,54,55). The van der Waals surface area contributed by atoms with Crippen LogP contribution in [-0.2, 0) is 22.4 Å². The molecule has 6 rings (SSSR count). The lowest BCUT2D eigenvalue weighted by Crippen LogP contribution is -2.65. The average Bonchev–Trinajstić information content (AvgIpc) is 3.67. The number of anilines is 1. The first-order chi connectivity index (χ1) is 28.8. The number of carboxylic acids is 1. The van der Waals surface area contributed by atoms with Gasteiger partial charge in [0.1, 0.15) is 19.2 Å². The van der Waals surface area contributed by atoms with E-state index < -0.39 is 41.7 Å². The quantitative estimate of drug-likeness (QED) is 0.0592. The van der Waals surface area contributed by atoms with E-state index in [2.05, 4.69) is 22.5 Å². The summed E-state index contributed by atoms with van der Waals surface area (Å²) in [7, 11) is 1.44. The molecule has 330 valence electrons. The summed E-state index contributed by atoms with van der Waals surface area (Å²) in [6.07, 6.45) is 5.93. The van der Waals surface area contributed by atoms with Crippen molar-refractivity contribution in [2.75, 3.05) is 39.3 Å². The van der Waals surface area contributed by atoms with Gasteiger partial charge in [0.25, 0.3) is 0 Å². The van der Waals surface area contributed by atoms with E-state index >= 15 is 0 Å². The normalized spacial score (nSPS) is 26.8. The molecule has 10 N–H and O–H groups in total. The number of carbonyl (C=O) groups is 1. The van der Waals surface area contributed by atoms with E-state index in [9.17, 15) is 35.4 Å². The van der Waals surface area contributed by atoms with Gasteiger partial charge in [0, 0.05) is 42.8 Å². The maximum absolute atomic E-state index is 12.8. The minimum absolute atomic E-state index is 0.00789. The summed E-state index contributed by atoms with van der Waals surface area (Å²) in [6, 6.07) is 11.9. The topological polar surface area (TPSA) is 238 Å². The molecular weight excluding hydrogens is 773 g/mol. The van der Waals surface area contributed by atoms with Gasteiger partial charge in [-0.3, -0.25) is 10.1 Å². The smallest absolute Gasteiger partial charge is 0.304 e. The number of hydrogen-bond acceptors (Lipinski definition) is 14. The Bertz CT molecular complexity index is 1890. The van der Waals surface area contributed by atoms with Crippen molar-refractivity contribution in [3.05, 3.63) is 65.4 Å². The number of aromatic nitrogens is 1. The van der Waals surface area contributed by atoms with Crippen LogP contribution in [-0.4, -0.2) is 106 Å². The molecular formula is C45H64N4O11. The number of piperidine rings is 1. The summed E-state index contributed by atoms with van der Waals surface area (Å²) >= 11 is 0. The van der Waals surface area contributed by atoms with Crippen LogP contribution < -0.4 is 30.6 Å². The molecule has 3 heterocycles. The van der Waals surface area contributed by atoms with E-state index in [1.807, 2.05) is 12.1 Å². The third-order valence-electron chi connectivity index (χ3n) is 13.1. The maximum Gasteiger partial charge on any atom is 0.304 e. The largest absolute Gasteiger partial charge is 0.504 e. The minimum atomic E-state index is -0.894. The van der Waals surface area contributed by atoms with Crippen molar-refractivity contribution >= 4 is 11.8 Å². The van der Waals surface area contributed by atoms with Crippen LogP contribution in [0, 0.1) is 16.7 Å². The summed E-state index contributed by atoms with van der Waals surface area (Å²) in [4.78, 5) is 17.0. The number of ether oxygens (including phenoxy) is 4. The van der Waals surface area contributed by atoms with Crippen LogP contribution in [0.4, 0.5) is 5.82 Å². The van der Waals surface area contributed by atoms with Crippen LogP contribution in [0.15, 0.2) is 48.7 Å². The molecule has 1 aromatic heterocycles. The van der Waals surface area contributed by atoms with E-state index in [0.29, 0.717) is 49.4 Å². The maximum atomic E-state index is 12.8. The Morgan fingerprint density at radius 2 is 1.83 bits per heavy atom. The van der Waals surface area contributed by atoms with Crippen molar-refractivity contribution in [1.29, 1.82) is 0 Å². The number of aliphatic hydroxyl groups is 3. The summed E-state index contributed by atoms with van der Waals surface area (Å²) in [5, 5.41) is 70.1. The highest BCUT2D eigenvalue weighted by Crippen LogP contribution is 2.61. The number of nitrogens with two attached hydrogens (primary N) is 1. The Morgan fingerprint density at radius 3 is 2.53 bits per heavy atom. The van der Waals surface area contributed by atoms with Gasteiger partial charge in [-0.2, -0.15) is 0 Å². The number of pyridine rings is 1. The van der Waals surface area contributed by atoms with Crippen LogP contribution in [0.1, 0.15) is 94.4 Å². The highest BCUT2D eigenvalue weighted by Gasteiger charge is 2.60. The molecule has 2 saturated heterocycles. The zero-order valence-corrected chi connectivity index (χ0v) is 35.0. The fourth-order valence-electron chi connectivity index (χ4n) is 10.4. The van der Waals surface area contributed by atoms with Crippen molar-refractivity contribution in [3.63, 3.8) is 0 Å². The first kappa shape index (κ1) is 45.2. The van der Waals surface area contributed by atoms with Gasteiger partial charge in [-0.1, -0.05) is 18.9 Å². The number of nitrogen functional groups attached to an aromatic ring is 1. The Morgan fingerprint density at radius 1 is 1.07 bits per heavy atom. The van der Waals surface area contributed by atoms with Crippen LogP contribution in [0.2, 0.25) is 0 Å². The number of carboxylic acid groups (broad SMARTS) is 1. The number of aliphatic hydroxyl groups excluding tert-OH is 3. The second-order valence-corrected chi connectivity index (χ2v) is 17.3. The minimum Gasteiger partial charge on any atom is -0.504 e. The first-order valence-corrected chi connectivity index (χ1v) is 21.3. The number of rotatable bonds is 19. The number of phenolic OH excluding ortho intramolecular Hbond substituents is 2. The van der Waals surface area contributed by atoms with Crippen molar-refractivity contribution in [3.8, 4) is 28.7 Å². The number of hydrogen-bond donors (Lipinski definition) is 9. The molecule has 3 fully saturated rings. The molecule has 1 saturated carbocycles. The SMILES string of the molecule is COc1cc(C2OC(CCc3ccc(O)c(OCNCC(C)O)c3)CC(O)C2CCO)cc(OCC2NC(C)CC3(CCCC3)C2(CC(=O)O)Cc2ccnc(N)c2)c1O. The first-order valence-electron chi connectivity index (χ1n) is 21.3. The van der Waals surface area contributed by atoms with Crippen molar-refractivity contribution in [1.82, 2.24) is 15.6 Å². The molecule has 0 amide bonds. The Hall–Kier alpha value is -4.38. The molecule has 1 aliphatic carbocycles. The van der Waals surface area contributed by atoms with Crippen molar-refractivity contribution in [2.24, 2.45) is 16.7 Å². The molecule has 15 heteroatoms. The highest BCUT2D eigenvalue weighted by molar-refractivity contribution is 5.68. The predicted octanol–water partition coefficient (Wildman–Crippen LogP) is 4.61. The third-order valence-corrected chi connectivity index (χ3v) is 13.1. The van der Waals surface area contributed by atoms with Gasteiger partial charge < -0.3 is 60.6 Å². The number of nitrogens with zero attached hydrogens (tertiary/aromatic N) is 1. The lowest BCUT2D eigenvalue weighted by Gasteiger charge is -2.58. The predicted molar refractivity (Wildman–Crippen MR) is 224 cm³/mol. The zero-order chi connectivity index (χ0) is 43.0. The van der Waals surface area contributed by atoms with E-state index in [0.717, 1.165) is 43.2 Å². The van der Waals surface area contributed by atoms with Gasteiger partial charge in [-0.05, 0) is 124 Å². The summed E-state index contributed by atoms with van der Waals surface area (Å²) in [5.74, 6) is -0.651. The fourth-order valence-corrected chi connectivity index (χ4v) is 10.4. The molecule has 15 nitrogen and oxygen atoms in total. The van der Waals surface area contributed by atoms with E-state index in [4.69, 9.17) is 24.7 Å². The van der Waals surface area contributed by atoms with E-state index in [1.165, 1.54) is 7.11 Å². The average molecular weight is 837 g/mol. The van der Waals surface area contributed by atoms with Crippen LogP contribution >= 0.6 is 0 Å². The van der Waals surface area contributed by atoms with Gasteiger partial charge in [-0.15, -0.1) is 0 Å². The molecule has 3 aliphatic rings. The molecule has 3 aromatic rings. The number of aliphatic carboxylic acids is 1. The summed E-state index contributed by atoms with van der Waals surface area (Å²) in [5.41, 5.74) is 7.48. The van der Waals surface area contributed by atoms with Gasteiger partial charge in [0.2, 0.25) is 5.75 Å². The Kier molecular flexibility index (Phi) is 15.0. The number of nitrogens with one attached hydrogen (secondary N) is 2. The number of phenols is 2. The molecule has 8 atom stereocenters. The summed E-state index contributed by atoms with van der Waals surface area (Å²) < 4.78 is 24.7. The highest BCUT2D eigenvalue weighted by atomic mass is 16.5. The van der Waals surface area contributed by atoms with Crippen molar-refractivity contribution < 1.29 is 54.4 Å². The summed E-state index contributed by atoms with van der Waals surface area (Å²) in [6.45, 7) is 4.11. The third kappa shape index (κ3) is 10.4. The van der Waals surface area contributed by atoms with Gasteiger partial charge >= 0.3 is 5.97 Å². The van der Waals surface area contributed by atoms with E-state index in [1.54, 1.807) is 43.5 Å². The molecule has 0 radical (unpaired) electrons. The van der Waals surface area contributed by atoms with E-state index in [-0.39, 0.29) is 73.3 Å². The Labute approximate surface area is 352 Å². The Balaban J connectivity index is 1.26. The van der Waals surface area contributed by atoms with Gasteiger partial charge in [0.15, 0.2) is 23.0 Å². The molecule has 1 spiro atoms. The molecule has 60 heavy (non-hydrogen) atoms. The van der Waals surface area contributed by atoms with Gasteiger partial charge in [0.05, 0.1) is 37.9 Å².